The first-order chi connectivity index (χ1) is 11.5. The van der Waals surface area contributed by atoms with Gasteiger partial charge in [-0.25, -0.2) is 4.79 Å². The van der Waals surface area contributed by atoms with E-state index in [1.807, 2.05) is 43.6 Å². The lowest BCUT2D eigenvalue weighted by Gasteiger charge is -2.07. The third-order valence-corrected chi connectivity index (χ3v) is 4.40. The molecule has 4 aromatic rings. The lowest BCUT2D eigenvalue weighted by Crippen LogP contribution is -2.02. The lowest BCUT2D eigenvalue weighted by atomic mass is 10.1. The standard InChI is InChI=1S/C18H14ClN3O2/c1-21-10-15-14-8-12(18(23)24)4-7-16(14)22(17(15)20-21)9-11-2-5-13(19)6-3-11/h2-8,10H,9H2,1H3,(H,23,24). The molecule has 2 heterocycles. The summed E-state index contributed by atoms with van der Waals surface area (Å²) in [5.41, 5.74) is 3.18. The van der Waals surface area contributed by atoms with Crippen molar-refractivity contribution >= 4 is 39.5 Å². The van der Waals surface area contributed by atoms with Gasteiger partial charge in [-0.2, -0.15) is 5.10 Å². The van der Waals surface area contributed by atoms with Gasteiger partial charge in [-0.15, -0.1) is 0 Å². The monoisotopic (exact) mass is 339 g/mol. The number of aryl methyl sites for hydroxylation is 1. The summed E-state index contributed by atoms with van der Waals surface area (Å²) >= 11 is 5.96. The van der Waals surface area contributed by atoms with Crippen molar-refractivity contribution in [2.45, 2.75) is 6.54 Å². The highest BCUT2D eigenvalue weighted by Crippen LogP contribution is 2.30. The van der Waals surface area contributed by atoms with Crippen molar-refractivity contribution in [1.82, 2.24) is 14.3 Å². The van der Waals surface area contributed by atoms with Crippen LogP contribution in [-0.2, 0) is 13.6 Å². The first kappa shape index (κ1) is 14.8. The van der Waals surface area contributed by atoms with Crippen molar-refractivity contribution in [3.05, 3.63) is 64.8 Å². The smallest absolute Gasteiger partial charge is 0.335 e. The highest BCUT2D eigenvalue weighted by atomic mass is 35.5. The number of aromatic carboxylic acids is 1. The Kier molecular flexibility index (Phi) is 3.32. The number of hydrogen-bond acceptors (Lipinski definition) is 2. The second kappa shape index (κ2) is 5.39. The molecule has 0 radical (unpaired) electrons. The van der Waals surface area contributed by atoms with Crippen LogP contribution in [0.4, 0.5) is 0 Å². The molecule has 0 fully saturated rings. The number of rotatable bonds is 3. The topological polar surface area (TPSA) is 60.1 Å². The Hall–Kier alpha value is -2.79. The van der Waals surface area contributed by atoms with E-state index in [-0.39, 0.29) is 5.56 Å². The molecule has 1 N–H and O–H groups in total. The Labute approximate surface area is 142 Å². The number of carboxylic acid groups (broad SMARTS) is 1. The second-order valence-electron chi connectivity index (χ2n) is 5.79. The summed E-state index contributed by atoms with van der Waals surface area (Å²) in [5, 5.41) is 16.3. The van der Waals surface area contributed by atoms with E-state index in [0.717, 1.165) is 27.5 Å². The minimum absolute atomic E-state index is 0.275. The van der Waals surface area contributed by atoms with Crippen molar-refractivity contribution in [1.29, 1.82) is 0 Å². The fourth-order valence-corrected chi connectivity index (χ4v) is 3.16. The molecule has 4 rings (SSSR count). The molecule has 0 spiro atoms. The number of aromatic nitrogens is 3. The molecule has 0 aliphatic heterocycles. The van der Waals surface area contributed by atoms with Crippen LogP contribution >= 0.6 is 11.6 Å². The molecule has 0 bridgehead atoms. The third-order valence-electron chi connectivity index (χ3n) is 4.14. The molecule has 0 saturated carbocycles. The minimum Gasteiger partial charge on any atom is -0.478 e. The Morgan fingerprint density at radius 2 is 1.92 bits per heavy atom. The van der Waals surface area contributed by atoms with Gasteiger partial charge in [-0.1, -0.05) is 23.7 Å². The van der Waals surface area contributed by atoms with Gasteiger partial charge >= 0.3 is 5.97 Å². The quantitative estimate of drug-likeness (QED) is 0.615. The van der Waals surface area contributed by atoms with Crippen LogP contribution in [0.5, 0.6) is 0 Å². The van der Waals surface area contributed by atoms with Crippen molar-refractivity contribution in [3.63, 3.8) is 0 Å². The van der Waals surface area contributed by atoms with Gasteiger partial charge in [0, 0.05) is 35.6 Å². The SMILES string of the molecule is Cn1cc2c3cc(C(=O)O)ccc3n(Cc3ccc(Cl)cc3)c2n1. The predicted octanol–water partition coefficient (Wildman–Crippen LogP) is 3.93. The van der Waals surface area contributed by atoms with Crippen LogP contribution in [0.1, 0.15) is 15.9 Å². The van der Waals surface area contributed by atoms with Crippen LogP contribution in [-0.4, -0.2) is 25.4 Å². The molecular formula is C18H14ClN3O2. The van der Waals surface area contributed by atoms with E-state index in [9.17, 15) is 9.90 Å². The van der Waals surface area contributed by atoms with Crippen molar-refractivity contribution < 1.29 is 9.90 Å². The van der Waals surface area contributed by atoms with Gasteiger partial charge in [-0.05, 0) is 35.9 Å². The largest absolute Gasteiger partial charge is 0.478 e. The normalized spacial score (nSPS) is 11.4. The number of fused-ring (bicyclic) bond motifs is 3. The van der Waals surface area contributed by atoms with Crippen LogP contribution in [0, 0.1) is 0 Å². The molecule has 5 nitrogen and oxygen atoms in total. The van der Waals surface area contributed by atoms with Crippen LogP contribution in [0.2, 0.25) is 5.02 Å². The highest BCUT2D eigenvalue weighted by Gasteiger charge is 2.16. The fraction of sp³-hybridized carbons (Fsp3) is 0.111. The average Bonchev–Trinajstić information content (AvgIpc) is 3.06. The van der Waals surface area contributed by atoms with Gasteiger partial charge in [0.15, 0.2) is 5.65 Å². The van der Waals surface area contributed by atoms with Crippen LogP contribution < -0.4 is 0 Å². The average molecular weight is 340 g/mol. The van der Waals surface area contributed by atoms with E-state index in [2.05, 4.69) is 9.67 Å². The molecule has 0 atom stereocenters. The highest BCUT2D eigenvalue weighted by molar-refractivity contribution is 6.30. The summed E-state index contributed by atoms with van der Waals surface area (Å²) in [6.07, 6.45) is 1.92. The summed E-state index contributed by atoms with van der Waals surface area (Å²) in [7, 11) is 1.86. The van der Waals surface area contributed by atoms with E-state index >= 15 is 0 Å². The third kappa shape index (κ3) is 2.34. The summed E-state index contributed by atoms with van der Waals surface area (Å²) in [4.78, 5) is 11.3. The van der Waals surface area contributed by atoms with Crippen LogP contribution in [0.25, 0.3) is 21.9 Å². The van der Waals surface area contributed by atoms with Crippen molar-refractivity contribution in [2.75, 3.05) is 0 Å². The number of hydrogen-bond donors (Lipinski definition) is 1. The van der Waals surface area contributed by atoms with Gasteiger partial charge in [0.05, 0.1) is 11.1 Å². The van der Waals surface area contributed by atoms with Gasteiger partial charge in [-0.3, -0.25) is 4.68 Å². The molecule has 6 heteroatoms. The predicted molar refractivity (Wildman–Crippen MR) is 93.7 cm³/mol. The van der Waals surface area contributed by atoms with E-state index in [0.29, 0.717) is 11.6 Å². The summed E-state index contributed by atoms with van der Waals surface area (Å²) in [5.74, 6) is -0.931. The lowest BCUT2D eigenvalue weighted by molar-refractivity contribution is 0.0697. The molecule has 0 saturated heterocycles. The number of carbonyl (C=O) groups is 1. The Balaban J connectivity index is 1.94. The van der Waals surface area contributed by atoms with E-state index < -0.39 is 5.97 Å². The molecular weight excluding hydrogens is 326 g/mol. The minimum atomic E-state index is -0.931. The number of carboxylic acids is 1. The maximum atomic E-state index is 11.3. The molecule has 120 valence electrons. The second-order valence-corrected chi connectivity index (χ2v) is 6.23. The summed E-state index contributed by atoms with van der Waals surface area (Å²) < 4.78 is 3.84. The molecule has 0 aliphatic carbocycles. The Morgan fingerprint density at radius 3 is 2.62 bits per heavy atom. The summed E-state index contributed by atoms with van der Waals surface area (Å²) in [6, 6.07) is 12.9. The Morgan fingerprint density at radius 1 is 1.17 bits per heavy atom. The maximum absolute atomic E-state index is 11.3. The van der Waals surface area contributed by atoms with Crippen molar-refractivity contribution in [2.24, 2.45) is 7.05 Å². The molecule has 2 aromatic heterocycles. The van der Waals surface area contributed by atoms with Crippen LogP contribution in [0.15, 0.2) is 48.7 Å². The number of benzene rings is 2. The summed E-state index contributed by atoms with van der Waals surface area (Å²) in [6.45, 7) is 0.639. The van der Waals surface area contributed by atoms with Gasteiger partial charge < -0.3 is 9.67 Å². The molecule has 0 aliphatic rings. The zero-order chi connectivity index (χ0) is 16.8. The van der Waals surface area contributed by atoms with E-state index in [1.165, 1.54) is 0 Å². The van der Waals surface area contributed by atoms with Crippen molar-refractivity contribution in [3.8, 4) is 0 Å². The van der Waals surface area contributed by atoms with Crippen LogP contribution in [0.3, 0.4) is 0 Å². The number of halogens is 1. The van der Waals surface area contributed by atoms with Gasteiger partial charge in [0.2, 0.25) is 0 Å². The first-order valence-electron chi connectivity index (χ1n) is 7.46. The van der Waals surface area contributed by atoms with E-state index in [4.69, 9.17) is 11.6 Å². The molecule has 0 amide bonds. The molecule has 2 aromatic carbocycles. The zero-order valence-electron chi connectivity index (χ0n) is 12.9. The number of nitrogens with zero attached hydrogens (tertiary/aromatic N) is 3. The maximum Gasteiger partial charge on any atom is 0.335 e. The first-order valence-corrected chi connectivity index (χ1v) is 7.84. The molecule has 0 unspecified atom stereocenters. The zero-order valence-corrected chi connectivity index (χ0v) is 13.7. The fourth-order valence-electron chi connectivity index (χ4n) is 3.03. The van der Waals surface area contributed by atoms with Gasteiger partial charge in [0.1, 0.15) is 0 Å². The Bertz CT molecular complexity index is 1080. The molecule has 24 heavy (non-hydrogen) atoms. The van der Waals surface area contributed by atoms with Gasteiger partial charge in [0.25, 0.3) is 0 Å². The van der Waals surface area contributed by atoms with E-state index in [1.54, 1.807) is 16.8 Å².